The highest BCUT2D eigenvalue weighted by Crippen LogP contribution is 2.42. The smallest absolute Gasteiger partial charge is 0.395 e. The molecule has 1 aromatic carbocycles. The van der Waals surface area contributed by atoms with Crippen LogP contribution in [0.15, 0.2) is 70.8 Å². The second kappa shape index (κ2) is 11.4. The van der Waals surface area contributed by atoms with Crippen molar-refractivity contribution < 1.29 is 36.3 Å². The van der Waals surface area contributed by atoms with E-state index in [4.69, 9.17) is 5.26 Å². The number of carbonyl (C=O) groups is 2. The highest BCUT2D eigenvalue weighted by atomic mass is 32.2. The number of ketones is 1. The molecule has 1 atom stereocenters. The summed E-state index contributed by atoms with van der Waals surface area (Å²) in [4.78, 5) is 29.0. The molecular formula is C26H26F3N3O5S. The molecule has 0 fully saturated rings. The number of β-amino-alcohol motifs (C(OH)–C–C–N with tert-alkyl or cyclic N) is 1. The van der Waals surface area contributed by atoms with Crippen LogP contribution in [-0.2, 0) is 20.8 Å². The number of nitrogens with zero attached hydrogens (tertiary/aromatic N) is 3. The summed E-state index contributed by atoms with van der Waals surface area (Å²) in [7, 11) is -3.95. The highest BCUT2D eigenvalue weighted by Gasteiger charge is 2.46. The van der Waals surface area contributed by atoms with Crippen molar-refractivity contribution in [3.8, 4) is 6.07 Å². The number of sulfone groups is 1. The first-order chi connectivity index (χ1) is 17.9. The number of aliphatic hydroxyl groups is 1. The Morgan fingerprint density at radius 3 is 2.58 bits per heavy atom. The summed E-state index contributed by atoms with van der Waals surface area (Å²) < 4.78 is 65.8. The number of anilines is 1. The Balaban J connectivity index is 2.40. The van der Waals surface area contributed by atoms with Crippen LogP contribution in [0.5, 0.6) is 0 Å². The van der Waals surface area contributed by atoms with Gasteiger partial charge in [-0.1, -0.05) is 30.9 Å². The quantitative estimate of drug-likeness (QED) is 0.484. The number of urea groups is 1. The molecule has 3 rings (SSSR count). The largest absolute Gasteiger partial charge is 0.416 e. The van der Waals surface area contributed by atoms with Crippen LogP contribution in [0.25, 0.3) is 0 Å². The molecule has 1 aliphatic carbocycles. The SMILES string of the molecule is C=C/C(=C(\C=C/CC#N)C1C2=C(CCCC2=O)N(c2cccc(C(F)(F)F)c2)C(=O)N1CCO)S(C)(=O)=O. The highest BCUT2D eigenvalue weighted by molar-refractivity contribution is 7.94. The summed E-state index contributed by atoms with van der Waals surface area (Å²) >= 11 is 0. The Morgan fingerprint density at radius 1 is 1.29 bits per heavy atom. The number of rotatable bonds is 8. The Hall–Kier alpha value is -3.69. The summed E-state index contributed by atoms with van der Waals surface area (Å²) in [5.41, 5.74) is -0.917. The molecule has 1 aliphatic heterocycles. The molecule has 2 aliphatic rings. The number of hydrogen-bond acceptors (Lipinski definition) is 6. The molecule has 2 amide bonds. The number of halogens is 3. The molecule has 0 saturated carbocycles. The molecule has 202 valence electrons. The predicted octanol–water partition coefficient (Wildman–Crippen LogP) is 4.27. The summed E-state index contributed by atoms with van der Waals surface area (Å²) in [5, 5.41) is 18.8. The fourth-order valence-corrected chi connectivity index (χ4v) is 5.58. The molecular weight excluding hydrogens is 523 g/mol. The van der Waals surface area contributed by atoms with Gasteiger partial charge in [0, 0.05) is 30.5 Å². The Labute approximate surface area is 218 Å². The first kappa shape index (κ1) is 28.9. The van der Waals surface area contributed by atoms with E-state index >= 15 is 0 Å². The van der Waals surface area contributed by atoms with E-state index in [2.05, 4.69) is 6.58 Å². The molecule has 12 heteroatoms. The van der Waals surface area contributed by atoms with Crippen LogP contribution < -0.4 is 4.90 Å². The van der Waals surface area contributed by atoms with Crippen LogP contribution in [-0.4, -0.2) is 55.7 Å². The number of hydrogen-bond donors (Lipinski definition) is 1. The molecule has 1 N–H and O–H groups in total. The van der Waals surface area contributed by atoms with Gasteiger partial charge in [-0.15, -0.1) is 0 Å². The van der Waals surface area contributed by atoms with Gasteiger partial charge < -0.3 is 10.0 Å². The van der Waals surface area contributed by atoms with Crippen molar-refractivity contribution in [2.45, 2.75) is 37.9 Å². The minimum Gasteiger partial charge on any atom is -0.395 e. The van der Waals surface area contributed by atoms with E-state index < -0.39 is 46.0 Å². The van der Waals surface area contributed by atoms with Gasteiger partial charge in [-0.05, 0) is 36.6 Å². The van der Waals surface area contributed by atoms with Crippen molar-refractivity contribution in [2.75, 3.05) is 24.3 Å². The zero-order valence-corrected chi connectivity index (χ0v) is 21.3. The number of alkyl halides is 3. The fourth-order valence-electron chi connectivity index (χ4n) is 4.67. The normalized spacial score (nSPS) is 19.4. The Morgan fingerprint density at radius 2 is 2.00 bits per heavy atom. The van der Waals surface area contributed by atoms with Gasteiger partial charge in [-0.3, -0.25) is 9.69 Å². The number of aliphatic hydroxyl groups excluding tert-OH is 1. The van der Waals surface area contributed by atoms with E-state index in [1.54, 1.807) is 0 Å². The zero-order chi connectivity index (χ0) is 28.3. The van der Waals surface area contributed by atoms with Gasteiger partial charge in [0.1, 0.15) is 0 Å². The van der Waals surface area contributed by atoms with Gasteiger partial charge in [-0.25, -0.2) is 13.2 Å². The summed E-state index contributed by atoms with van der Waals surface area (Å²) in [5.74, 6) is -0.410. The number of benzene rings is 1. The minimum absolute atomic E-state index is 0.00834. The van der Waals surface area contributed by atoms with E-state index in [9.17, 15) is 36.3 Å². The van der Waals surface area contributed by atoms with Crippen LogP contribution >= 0.6 is 0 Å². The van der Waals surface area contributed by atoms with Crippen LogP contribution in [0.3, 0.4) is 0 Å². The maximum Gasteiger partial charge on any atom is 0.416 e. The number of Topliss-reactive ketones (excluding diaryl/α,β-unsaturated/α-hetero) is 1. The third kappa shape index (κ3) is 5.74. The molecule has 0 bridgehead atoms. The molecule has 8 nitrogen and oxygen atoms in total. The molecule has 1 heterocycles. The van der Waals surface area contributed by atoms with Crippen LogP contribution in [0, 0.1) is 11.3 Å². The van der Waals surface area contributed by atoms with Gasteiger partial charge >= 0.3 is 12.2 Å². The lowest BCUT2D eigenvalue weighted by Crippen LogP contribution is -2.57. The van der Waals surface area contributed by atoms with Crippen LogP contribution in [0.1, 0.15) is 31.2 Å². The van der Waals surface area contributed by atoms with Crippen molar-refractivity contribution >= 4 is 27.3 Å². The predicted molar refractivity (Wildman–Crippen MR) is 134 cm³/mol. The monoisotopic (exact) mass is 549 g/mol. The van der Waals surface area contributed by atoms with Crippen LogP contribution in [0.4, 0.5) is 23.7 Å². The molecule has 0 spiro atoms. The van der Waals surface area contributed by atoms with E-state index in [0.717, 1.165) is 40.3 Å². The number of allylic oxidation sites excluding steroid dienone is 3. The van der Waals surface area contributed by atoms with Crippen molar-refractivity contribution in [3.05, 3.63) is 76.4 Å². The molecule has 1 unspecified atom stereocenters. The van der Waals surface area contributed by atoms with Crippen molar-refractivity contribution in [3.63, 3.8) is 0 Å². The average Bonchev–Trinajstić information content (AvgIpc) is 2.83. The zero-order valence-electron chi connectivity index (χ0n) is 20.5. The maximum atomic E-state index is 13.9. The second-order valence-corrected chi connectivity index (χ2v) is 10.7. The number of nitriles is 1. The lowest BCUT2D eigenvalue weighted by atomic mass is 9.82. The molecule has 38 heavy (non-hydrogen) atoms. The topological polar surface area (TPSA) is 119 Å². The summed E-state index contributed by atoms with van der Waals surface area (Å²) in [6.45, 7) is 2.64. The van der Waals surface area contributed by atoms with E-state index in [0.29, 0.717) is 6.42 Å². The fraction of sp³-hybridized carbons (Fsp3) is 0.346. The first-order valence-electron chi connectivity index (χ1n) is 11.6. The van der Waals surface area contributed by atoms with E-state index in [1.807, 2.05) is 6.07 Å². The molecule has 0 radical (unpaired) electrons. The molecule has 1 aromatic rings. The standard InChI is InChI=1S/C26H26F3N3O5S/c1-3-22(38(2,36)37)19(10-4-5-13-30)24-23-20(11-7-12-21(23)34)32(25(35)31(24)14-15-33)18-9-6-8-17(16-18)26(27,28)29/h3-4,6,8-10,16,24,33H,1,5,7,11-12,14-15H2,2H3/b10-4-,22-19-. The third-order valence-corrected chi connectivity index (χ3v) is 7.37. The number of carbonyl (C=O) groups excluding carboxylic acids is 2. The third-order valence-electron chi connectivity index (χ3n) is 6.16. The lowest BCUT2D eigenvalue weighted by molar-refractivity contribution is -0.137. The van der Waals surface area contributed by atoms with Gasteiger partial charge in [0.2, 0.25) is 0 Å². The first-order valence-corrected chi connectivity index (χ1v) is 13.5. The Bertz CT molecular complexity index is 1390. The molecule has 0 saturated heterocycles. The van der Waals surface area contributed by atoms with Crippen LogP contribution in [0.2, 0.25) is 0 Å². The average molecular weight is 550 g/mol. The van der Waals surface area contributed by atoms with Crippen molar-refractivity contribution in [1.29, 1.82) is 5.26 Å². The van der Waals surface area contributed by atoms with Gasteiger partial charge in [-0.2, -0.15) is 18.4 Å². The van der Waals surface area contributed by atoms with E-state index in [1.165, 1.54) is 18.2 Å². The minimum atomic E-state index is -4.68. The Kier molecular flexibility index (Phi) is 8.64. The summed E-state index contributed by atoms with van der Waals surface area (Å²) in [6.07, 6.45) is 0.484. The molecule has 0 aromatic heterocycles. The van der Waals surface area contributed by atoms with Crippen molar-refractivity contribution in [2.24, 2.45) is 0 Å². The number of amides is 2. The van der Waals surface area contributed by atoms with Crippen molar-refractivity contribution in [1.82, 2.24) is 4.90 Å². The second-order valence-electron chi connectivity index (χ2n) is 8.68. The summed E-state index contributed by atoms with van der Waals surface area (Å²) in [6, 6.07) is 3.89. The van der Waals surface area contributed by atoms with Gasteiger partial charge in [0.05, 0.1) is 41.3 Å². The van der Waals surface area contributed by atoms with E-state index in [-0.39, 0.29) is 53.2 Å². The lowest BCUT2D eigenvalue weighted by Gasteiger charge is -2.45. The van der Waals surface area contributed by atoms with Gasteiger partial charge in [0.15, 0.2) is 15.6 Å². The maximum absolute atomic E-state index is 13.9. The van der Waals surface area contributed by atoms with Gasteiger partial charge in [0.25, 0.3) is 0 Å².